The van der Waals surface area contributed by atoms with E-state index in [9.17, 15) is 4.79 Å². The Morgan fingerprint density at radius 3 is 2.88 bits per heavy atom. The summed E-state index contributed by atoms with van der Waals surface area (Å²) < 4.78 is 7.44. The summed E-state index contributed by atoms with van der Waals surface area (Å²) in [5.74, 6) is 0.566. The number of nitrogen functional groups attached to an aromatic ring is 1. The normalized spacial score (nSPS) is 15.9. The van der Waals surface area contributed by atoms with E-state index in [-0.39, 0.29) is 31.0 Å². The van der Waals surface area contributed by atoms with Gasteiger partial charge in [-0.15, -0.1) is 12.4 Å². The minimum Gasteiger partial charge on any atom is -0.480 e. The number of fused-ring (bicyclic) bond motifs is 1. The minimum absolute atomic E-state index is 0. The summed E-state index contributed by atoms with van der Waals surface area (Å²) in [5, 5.41) is 7.37. The molecule has 136 valence electrons. The number of amides is 1. The highest BCUT2D eigenvalue weighted by molar-refractivity contribution is 5.85. The van der Waals surface area contributed by atoms with Crippen molar-refractivity contribution in [1.29, 1.82) is 0 Å². The van der Waals surface area contributed by atoms with E-state index in [1.165, 1.54) is 5.56 Å². The molecule has 0 bridgehead atoms. The fraction of sp³-hybridized carbons (Fsp3) is 0.444. The highest BCUT2D eigenvalue weighted by Crippen LogP contribution is 2.31. The minimum atomic E-state index is -0.118. The molecule has 0 fully saturated rings. The van der Waals surface area contributed by atoms with Gasteiger partial charge in [-0.2, -0.15) is 5.10 Å². The summed E-state index contributed by atoms with van der Waals surface area (Å²) in [6, 6.07) is 5.95. The predicted molar refractivity (Wildman–Crippen MR) is 100 cm³/mol. The molecule has 1 aromatic heterocycles. The molecule has 0 aliphatic heterocycles. The number of nitrogens with zero attached hydrogens (tertiary/aromatic N) is 2. The Labute approximate surface area is 154 Å². The maximum Gasteiger partial charge on any atom is 0.258 e. The Morgan fingerprint density at radius 2 is 2.20 bits per heavy atom. The monoisotopic (exact) mass is 364 g/mol. The fourth-order valence-electron chi connectivity index (χ4n) is 3.32. The van der Waals surface area contributed by atoms with Crippen molar-refractivity contribution < 1.29 is 9.53 Å². The lowest BCUT2D eigenvalue weighted by molar-refractivity contribution is -0.124. The zero-order valence-electron chi connectivity index (χ0n) is 14.8. The number of hydrogen-bond acceptors (Lipinski definition) is 4. The van der Waals surface area contributed by atoms with E-state index in [0.29, 0.717) is 5.75 Å². The summed E-state index contributed by atoms with van der Waals surface area (Å²) in [6.45, 7) is 3.80. The van der Waals surface area contributed by atoms with E-state index in [0.717, 1.165) is 41.9 Å². The Bertz CT molecular complexity index is 773. The summed E-state index contributed by atoms with van der Waals surface area (Å²) in [7, 11) is 1.86. The van der Waals surface area contributed by atoms with Crippen LogP contribution in [0.1, 0.15) is 41.4 Å². The number of rotatable bonds is 4. The first-order chi connectivity index (χ1) is 11.5. The van der Waals surface area contributed by atoms with Crippen LogP contribution in [0.5, 0.6) is 5.75 Å². The highest BCUT2D eigenvalue weighted by Gasteiger charge is 2.22. The maximum atomic E-state index is 12.3. The second kappa shape index (κ2) is 7.78. The van der Waals surface area contributed by atoms with Gasteiger partial charge in [0.2, 0.25) is 0 Å². The van der Waals surface area contributed by atoms with Gasteiger partial charge in [-0.3, -0.25) is 9.48 Å². The second-order valence-electron chi connectivity index (χ2n) is 6.38. The third kappa shape index (κ3) is 4.07. The van der Waals surface area contributed by atoms with Crippen LogP contribution in [0.4, 0.5) is 5.69 Å². The first-order valence-electron chi connectivity index (χ1n) is 8.26. The first-order valence-corrected chi connectivity index (χ1v) is 8.26. The second-order valence-corrected chi connectivity index (χ2v) is 6.38. The molecule has 3 rings (SSSR count). The van der Waals surface area contributed by atoms with Crippen LogP contribution >= 0.6 is 12.4 Å². The predicted octanol–water partition coefficient (Wildman–Crippen LogP) is 2.61. The van der Waals surface area contributed by atoms with E-state index < -0.39 is 0 Å². The third-order valence-electron chi connectivity index (χ3n) is 4.61. The number of nitrogens with one attached hydrogen (secondary N) is 1. The molecular weight excluding hydrogens is 340 g/mol. The summed E-state index contributed by atoms with van der Waals surface area (Å²) in [6.07, 6.45) is 2.99. The number of anilines is 1. The van der Waals surface area contributed by atoms with Crippen molar-refractivity contribution >= 4 is 24.0 Å². The van der Waals surface area contributed by atoms with Gasteiger partial charge in [-0.25, -0.2) is 0 Å². The number of halogens is 1. The van der Waals surface area contributed by atoms with E-state index in [1.54, 1.807) is 4.68 Å². The van der Waals surface area contributed by atoms with Crippen LogP contribution < -0.4 is 15.8 Å². The first kappa shape index (κ1) is 19.1. The SMILES string of the molecule is Cc1nn(C)c(C)c1OCC(=O)NC1CCCc2cc(N)ccc21.Cl. The van der Waals surface area contributed by atoms with Gasteiger partial charge < -0.3 is 15.8 Å². The molecule has 1 heterocycles. The highest BCUT2D eigenvalue weighted by atomic mass is 35.5. The number of hydrogen-bond donors (Lipinski definition) is 2. The number of aryl methyl sites for hydroxylation is 3. The van der Waals surface area contributed by atoms with E-state index >= 15 is 0 Å². The van der Waals surface area contributed by atoms with Gasteiger partial charge in [0.25, 0.3) is 5.91 Å². The fourth-order valence-corrected chi connectivity index (χ4v) is 3.32. The van der Waals surface area contributed by atoms with Crippen LogP contribution in [0.3, 0.4) is 0 Å². The summed E-state index contributed by atoms with van der Waals surface area (Å²) in [4.78, 5) is 12.3. The van der Waals surface area contributed by atoms with Crippen LogP contribution in [-0.4, -0.2) is 22.3 Å². The number of aromatic nitrogens is 2. The standard InChI is InChI=1S/C18H24N4O2.ClH/c1-11-18(12(2)22(3)21-11)24-10-17(23)20-16-6-4-5-13-9-14(19)7-8-15(13)16;/h7-9,16H,4-6,10,19H2,1-3H3,(H,20,23);1H. The van der Waals surface area contributed by atoms with Crippen molar-refractivity contribution in [3.8, 4) is 5.75 Å². The van der Waals surface area contributed by atoms with Gasteiger partial charge in [-0.1, -0.05) is 6.07 Å². The zero-order valence-corrected chi connectivity index (χ0v) is 15.7. The van der Waals surface area contributed by atoms with Gasteiger partial charge in [0.05, 0.1) is 11.7 Å². The Morgan fingerprint density at radius 1 is 1.44 bits per heavy atom. The van der Waals surface area contributed by atoms with Crippen LogP contribution in [0.2, 0.25) is 0 Å². The Kier molecular flexibility index (Phi) is 5.95. The molecule has 25 heavy (non-hydrogen) atoms. The average Bonchev–Trinajstić information content (AvgIpc) is 2.78. The van der Waals surface area contributed by atoms with Crippen molar-refractivity contribution in [3.63, 3.8) is 0 Å². The van der Waals surface area contributed by atoms with Crippen LogP contribution in [0.15, 0.2) is 18.2 Å². The molecular formula is C18H25ClN4O2. The molecule has 7 heteroatoms. The van der Waals surface area contributed by atoms with Gasteiger partial charge in [-0.05, 0) is 56.4 Å². The third-order valence-corrected chi connectivity index (χ3v) is 4.61. The smallest absolute Gasteiger partial charge is 0.258 e. The van der Waals surface area contributed by atoms with Crippen LogP contribution in [-0.2, 0) is 18.3 Å². The zero-order chi connectivity index (χ0) is 17.3. The molecule has 1 aliphatic rings. The van der Waals surface area contributed by atoms with Crippen molar-refractivity contribution in [2.45, 2.75) is 39.2 Å². The van der Waals surface area contributed by atoms with Crippen molar-refractivity contribution in [2.75, 3.05) is 12.3 Å². The van der Waals surface area contributed by atoms with Crippen molar-refractivity contribution in [2.24, 2.45) is 7.05 Å². The van der Waals surface area contributed by atoms with Gasteiger partial charge in [0.15, 0.2) is 12.4 Å². The number of benzene rings is 1. The van der Waals surface area contributed by atoms with Crippen molar-refractivity contribution in [1.82, 2.24) is 15.1 Å². The summed E-state index contributed by atoms with van der Waals surface area (Å²) in [5.41, 5.74) is 10.7. The largest absolute Gasteiger partial charge is 0.480 e. The van der Waals surface area contributed by atoms with Crippen LogP contribution in [0.25, 0.3) is 0 Å². The average molecular weight is 365 g/mol. The van der Waals surface area contributed by atoms with Gasteiger partial charge >= 0.3 is 0 Å². The number of ether oxygens (including phenoxy) is 1. The number of carbonyl (C=O) groups excluding carboxylic acids is 1. The van der Waals surface area contributed by atoms with E-state index in [4.69, 9.17) is 10.5 Å². The lowest BCUT2D eigenvalue weighted by Gasteiger charge is -2.26. The number of carbonyl (C=O) groups is 1. The van der Waals surface area contributed by atoms with E-state index in [1.807, 2.05) is 39.1 Å². The Balaban J connectivity index is 0.00000225. The van der Waals surface area contributed by atoms with Crippen LogP contribution in [0, 0.1) is 13.8 Å². The molecule has 1 aliphatic carbocycles. The molecule has 6 nitrogen and oxygen atoms in total. The van der Waals surface area contributed by atoms with E-state index in [2.05, 4.69) is 10.4 Å². The molecule has 1 aromatic carbocycles. The van der Waals surface area contributed by atoms with Crippen molar-refractivity contribution in [3.05, 3.63) is 40.7 Å². The molecule has 1 atom stereocenters. The molecule has 0 saturated carbocycles. The van der Waals surface area contributed by atoms with Gasteiger partial charge in [0.1, 0.15) is 5.69 Å². The molecule has 0 spiro atoms. The lowest BCUT2D eigenvalue weighted by Crippen LogP contribution is -2.34. The topological polar surface area (TPSA) is 82.2 Å². The lowest BCUT2D eigenvalue weighted by atomic mass is 9.87. The summed E-state index contributed by atoms with van der Waals surface area (Å²) >= 11 is 0. The quantitative estimate of drug-likeness (QED) is 0.817. The molecule has 0 saturated heterocycles. The van der Waals surface area contributed by atoms with Gasteiger partial charge in [0, 0.05) is 12.7 Å². The molecule has 2 aromatic rings. The molecule has 1 amide bonds. The molecule has 1 unspecified atom stereocenters. The molecule has 0 radical (unpaired) electrons. The molecule has 3 N–H and O–H groups in total. The Hall–Kier alpha value is -2.21. The number of nitrogens with two attached hydrogens (primary N) is 1. The maximum absolute atomic E-state index is 12.3.